The Labute approximate surface area is 210 Å². The van der Waals surface area contributed by atoms with Gasteiger partial charge >= 0.3 is 5.97 Å². The lowest BCUT2D eigenvalue weighted by Crippen LogP contribution is -2.13. The third-order valence-electron chi connectivity index (χ3n) is 6.18. The SMILES string of the molecule is COC(=O)C(C)c1ccccc1CC[C@@H](O)c1cccc(C=Cc2ccc3ccc(Cl)cc3n2)c1. The summed E-state index contributed by atoms with van der Waals surface area (Å²) in [6, 6.07) is 25.4. The summed E-state index contributed by atoms with van der Waals surface area (Å²) >= 11 is 6.10. The average Bonchev–Trinajstić information content (AvgIpc) is 2.89. The Balaban J connectivity index is 1.45. The van der Waals surface area contributed by atoms with Crippen LogP contribution in [0.4, 0.5) is 0 Å². The molecule has 1 N–H and O–H groups in total. The van der Waals surface area contributed by atoms with Crippen LogP contribution in [0.2, 0.25) is 5.02 Å². The van der Waals surface area contributed by atoms with E-state index in [9.17, 15) is 9.90 Å². The number of rotatable bonds is 8. The number of hydrogen-bond donors (Lipinski definition) is 1. The van der Waals surface area contributed by atoms with Crippen molar-refractivity contribution < 1.29 is 14.6 Å². The van der Waals surface area contributed by atoms with Gasteiger partial charge in [-0.05, 0) is 72.4 Å². The van der Waals surface area contributed by atoms with Crippen molar-refractivity contribution in [3.63, 3.8) is 0 Å². The summed E-state index contributed by atoms with van der Waals surface area (Å²) in [4.78, 5) is 16.7. The number of hydrogen-bond acceptors (Lipinski definition) is 4. The zero-order chi connectivity index (χ0) is 24.8. The second-order valence-electron chi connectivity index (χ2n) is 8.57. The summed E-state index contributed by atoms with van der Waals surface area (Å²) < 4.78 is 4.91. The maximum absolute atomic E-state index is 12.0. The van der Waals surface area contributed by atoms with Crippen molar-refractivity contribution in [1.29, 1.82) is 0 Å². The van der Waals surface area contributed by atoms with Crippen molar-refractivity contribution in [3.8, 4) is 0 Å². The highest BCUT2D eigenvalue weighted by Gasteiger charge is 2.19. The van der Waals surface area contributed by atoms with Gasteiger partial charge in [0, 0.05) is 10.4 Å². The lowest BCUT2D eigenvalue weighted by Gasteiger charge is -2.16. The van der Waals surface area contributed by atoms with Gasteiger partial charge in [0.05, 0.1) is 30.3 Å². The standard InChI is InChI=1S/C30H28ClNO3/c1-20(30(34)35-2)27-9-4-3-7-22(27)13-17-29(33)24-8-5-6-21(18-24)10-15-26-16-12-23-11-14-25(31)19-28(23)32-26/h3-12,14-16,18-20,29,33H,13,17H2,1-2H3/t20?,29-/m1/s1. The van der Waals surface area contributed by atoms with Gasteiger partial charge in [-0.15, -0.1) is 0 Å². The molecule has 0 bridgehead atoms. The molecule has 0 aliphatic carbocycles. The molecule has 1 heterocycles. The fourth-order valence-corrected chi connectivity index (χ4v) is 4.36. The van der Waals surface area contributed by atoms with Crippen LogP contribution in [0.25, 0.3) is 23.1 Å². The van der Waals surface area contributed by atoms with Gasteiger partial charge in [0.25, 0.3) is 0 Å². The molecular weight excluding hydrogens is 458 g/mol. The second kappa shape index (κ2) is 11.3. The van der Waals surface area contributed by atoms with Crippen LogP contribution in [0.3, 0.4) is 0 Å². The number of benzene rings is 3. The molecule has 1 unspecified atom stereocenters. The number of aliphatic hydroxyl groups is 1. The summed E-state index contributed by atoms with van der Waals surface area (Å²) in [5.41, 5.74) is 5.50. The van der Waals surface area contributed by atoms with E-state index in [0.717, 1.165) is 38.9 Å². The summed E-state index contributed by atoms with van der Waals surface area (Å²) in [6.07, 6.45) is 4.53. The highest BCUT2D eigenvalue weighted by molar-refractivity contribution is 6.31. The van der Waals surface area contributed by atoms with Crippen molar-refractivity contribution >= 4 is 40.6 Å². The van der Waals surface area contributed by atoms with E-state index in [1.165, 1.54) is 7.11 Å². The Morgan fingerprint density at radius 3 is 2.66 bits per heavy atom. The topological polar surface area (TPSA) is 59.4 Å². The zero-order valence-corrected chi connectivity index (χ0v) is 20.6. The number of carbonyl (C=O) groups is 1. The molecule has 0 amide bonds. The van der Waals surface area contributed by atoms with Gasteiger partial charge in [0.1, 0.15) is 0 Å². The lowest BCUT2D eigenvalue weighted by molar-refractivity contribution is -0.142. The van der Waals surface area contributed by atoms with Crippen molar-refractivity contribution in [2.75, 3.05) is 7.11 Å². The Morgan fingerprint density at radius 1 is 1.03 bits per heavy atom. The highest BCUT2D eigenvalue weighted by Crippen LogP contribution is 2.26. The van der Waals surface area contributed by atoms with Crippen LogP contribution in [0.15, 0.2) is 78.9 Å². The Morgan fingerprint density at radius 2 is 1.83 bits per heavy atom. The van der Waals surface area contributed by atoms with Crippen molar-refractivity contribution in [2.24, 2.45) is 0 Å². The van der Waals surface area contributed by atoms with Crippen LogP contribution in [0.1, 0.15) is 53.3 Å². The number of carbonyl (C=O) groups excluding carboxylic acids is 1. The van der Waals surface area contributed by atoms with E-state index in [1.54, 1.807) is 0 Å². The van der Waals surface area contributed by atoms with E-state index in [-0.39, 0.29) is 11.9 Å². The third-order valence-corrected chi connectivity index (χ3v) is 6.42. The average molecular weight is 486 g/mol. The van der Waals surface area contributed by atoms with Gasteiger partial charge in [-0.25, -0.2) is 4.98 Å². The first-order valence-corrected chi connectivity index (χ1v) is 12.0. The molecule has 4 nitrogen and oxygen atoms in total. The minimum absolute atomic E-state index is 0.263. The maximum Gasteiger partial charge on any atom is 0.312 e. The normalized spacial score (nSPS) is 13.1. The summed E-state index contributed by atoms with van der Waals surface area (Å²) in [7, 11) is 1.40. The predicted octanol–water partition coefficient (Wildman–Crippen LogP) is 7.00. The van der Waals surface area contributed by atoms with Crippen molar-refractivity contribution in [1.82, 2.24) is 4.98 Å². The molecular formula is C30H28ClNO3. The van der Waals surface area contributed by atoms with Crippen molar-refractivity contribution in [3.05, 3.63) is 112 Å². The van der Waals surface area contributed by atoms with E-state index >= 15 is 0 Å². The molecule has 0 saturated carbocycles. The number of aromatic nitrogens is 1. The number of fused-ring (bicyclic) bond motifs is 1. The predicted molar refractivity (Wildman–Crippen MR) is 142 cm³/mol. The third kappa shape index (κ3) is 6.16. The first-order valence-electron chi connectivity index (χ1n) is 11.6. The van der Waals surface area contributed by atoms with Gasteiger partial charge in [-0.3, -0.25) is 4.79 Å². The zero-order valence-electron chi connectivity index (χ0n) is 19.8. The van der Waals surface area contributed by atoms with E-state index < -0.39 is 6.10 Å². The van der Waals surface area contributed by atoms with Gasteiger partial charge in [-0.2, -0.15) is 0 Å². The van der Waals surface area contributed by atoms with Crippen LogP contribution in [-0.4, -0.2) is 23.2 Å². The number of ether oxygens (including phenoxy) is 1. The molecule has 0 aliphatic heterocycles. The van der Waals surface area contributed by atoms with Crippen molar-refractivity contribution in [2.45, 2.75) is 31.8 Å². The maximum atomic E-state index is 12.0. The molecule has 35 heavy (non-hydrogen) atoms. The van der Waals surface area contributed by atoms with Gasteiger partial charge in [0.15, 0.2) is 0 Å². The van der Waals surface area contributed by atoms with Gasteiger partial charge in [0.2, 0.25) is 0 Å². The molecule has 0 spiro atoms. The smallest absolute Gasteiger partial charge is 0.312 e. The van der Waals surface area contributed by atoms with Gasteiger partial charge < -0.3 is 9.84 Å². The van der Waals surface area contributed by atoms with E-state index in [2.05, 4.69) is 4.98 Å². The van der Waals surface area contributed by atoms with E-state index in [4.69, 9.17) is 16.3 Å². The molecule has 178 valence electrons. The quantitative estimate of drug-likeness (QED) is 0.273. The fourth-order valence-electron chi connectivity index (χ4n) is 4.20. The van der Waals surface area contributed by atoms with Crippen LogP contribution in [0, 0.1) is 0 Å². The number of esters is 1. The molecule has 4 rings (SSSR count). The number of aliphatic hydroxyl groups excluding tert-OH is 1. The molecule has 0 aliphatic rings. The monoisotopic (exact) mass is 485 g/mol. The molecule has 1 aromatic heterocycles. The summed E-state index contributed by atoms with van der Waals surface area (Å²) in [5, 5.41) is 12.6. The Hall–Kier alpha value is -3.47. The molecule has 0 fully saturated rings. The Kier molecular flexibility index (Phi) is 7.96. The summed E-state index contributed by atoms with van der Waals surface area (Å²) in [6.45, 7) is 1.84. The fraction of sp³-hybridized carbons (Fsp3) is 0.200. The molecule has 2 atom stereocenters. The highest BCUT2D eigenvalue weighted by atomic mass is 35.5. The van der Waals surface area contributed by atoms with Crippen LogP contribution in [-0.2, 0) is 16.0 Å². The number of methoxy groups -OCH3 is 1. The lowest BCUT2D eigenvalue weighted by atomic mass is 9.91. The number of aryl methyl sites for hydroxylation is 1. The number of halogens is 1. The summed E-state index contributed by atoms with van der Waals surface area (Å²) in [5.74, 6) is -0.608. The van der Waals surface area contributed by atoms with Crippen LogP contribution in [0.5, 0.6) is 0 Å². The molecule has 0 saturated heterocycles. The molecule has 3 aromatic carbocycles. The van der Waals surface area contributed by atoms with Crippen LogP contribution < -0.4 is 0 Å². The first-order chi connectivity index (χ1) is 16.9. The molecule has 0 radical (unpaired) electrons. The first kappa shape index (κ1) is 24.6. The van der Waals surface area contributed by atoms with Crippen LogP contribution >= 0.6 is 11.6 Å². The van der Waals surface area contributed by atoms with E-state index in [0.29, 0.717) is 17.9 Å². The molecule has 4 aromatic rings. The van der Waals surface area contributed by atoms with E-state index in [1.807, 2.05) is 97.9 Å². The molecule has 5 heteroatoms. The van der Waals surface area contributed by atoms with Gasteiger partial charge in [-0.1, -0.05) is 72.3 Å². The Bertz CT molecular complexity index is 1360. The minimum Gasteiger partial charge on any atom is -0.469 e. The number of pyridine rings is 1. The minimum atomic E-state index is -0.620. The largest absolute Gasteiger partial charge is 0.469 e. The second-order valence-corrected chi connectivity index (χ2v) is 9.01. The number of nitrogens with zero attached hydrogens (tertiary/aromatic N) is 1.